The van der Waals surface area contributed by atoms with Crippen LogP contribution >= 0.6 is 0 Å². The zero-order chi connectivity index (χ0) is 22.2. The first-order chi connectivity index (χ1) is 14.3. The average molecular weight is 429 g/mol. The minimum Gasteiger partial charge on any atom is -0.462 e. The lowest BCUT2D eigenvalue weighted by Crippen LogP contribution is -2.71. The highest BCUT2D eigenvalue weighted by Crippen LogP contribution is 2.74. The molecule has 1 unspecified atom stereocenters. The second-order valence-corrected chi connectivity index (χ2v) is 12.4. The molecule has 0 N–H and O–H groups in total. The highest BCUT2D eigenvalue weighted by molar-refractivity contribution is 5.96. The van der Waals surface area contributed by atoms with E-state index >= 15 is 0 Å². The number of carbonyl (C=O) groups excluding carboxylic acids is 3. The largest absolute Gasteiger partial charge is 0.462 e. The molecule has 6 nitrogen and oxygen atoms in total. The molecule has 3 saturated carbocycles. The van der Waals surface area contributed by atoms with Crippen LogP contribution in [0.1, 0.15) is 66.7 Å². The summed E-state index contributed by atoms with van der Waals surface area (Å²) in [6.07, 6.45) is 7.05. The number of cyclic esters (lactones) is 2. The molecule has 8 atom stereocenters. The normalized spacial score (nSPS) is 56.2. The van der Waals surface area contributed by atoms with Crippen molar-refractivity contribution in [1.82, 2.24) is 0 Å². The quantitative estimate of drug-likeness (QED) is 0.551. The van der Waals surface area contributed by atoms with Gasteiger partial charge in [0.2, 0.25) is 0 Å². The third-order valence-corrected chi connectivity index (χ3v) is 10.4. The highest BCUT2D eigenvalue weighted by Gasteiger charge is 2.81. The van der Waals surface area contributed by atoms with Crippen LogP contribution in [0.2, 0.25) is 0 Å². The lowest BCUT2D eigenvalue weighted by Gasteiger charge is -2.65. The van der Waals surface area contributed by atoms with E-state index in [4.69, 9.17) is 14.2 Å². The summed E-state index contributed by atoms with van der Waals surface area (Å²) in [6.45, 7) is 10.5. The Bertz CT molecular complexity index is 967. The van der Waals surface area contributed by atoms with Crippen LogP contribution in [0.25, 0.3) is 0 Å². The Labute approximate surface area is 183 Å². The summed E-state index contributed by atoms with van der Waals surface area (Å²) in [6, 6.07) is 0. The van der Waals surface area contributed by atoms with Crippen LogP contribution < -0.4 is 0 Å². The Hall–Kier alpha value is -1.69. The topological polar surface area (TPSA) is 78.9 Å². The summed E-state index contributed by atoms with van der Waals surface area (Å²) in [4.78, 5) is 39.2. The molecule has 31 heavy (non-hydrogen) atoms. The Kier molecular flexibility index (Phi) is 3.39. The summed E-state index contributed by atoms with van der Waals surface area (Å²) >= 11 is 0. The van der Waals surface area contributed by atoms with Crippen molar-refractivity contribution in [3.8, 4) is 0 Å². The highest BCUT2D eigenvalue weighted by atomic mass is 16.6. The number of hydrogen-bond donors (Lipinski definition) is 0. The number of fused-ring (bicyclic) bond motifs is 1. The van der Waals surface area contributed by atoms with Gasteiger partial charge in [-0.3, -0.25) is 9.59 Å². The molecule has 4 saturated heterocycles. The van der Waals surface area contributed by atoms with Crippen molar-refractivity contribution >= 4 is 17.7 Å². The molecule has 0 aromatic rings. The molecule has 3 aliphatic carbocycles. The molecule has 5 heterocycles. The van der Waals surface area contributed by atoms with E-state index in [1.165, 1.54) is 0 Å². The maximum atomic E-state index is 14.1. The third-order valence-electron chi connectivity index (χ3n) is 10.4. The molecule has 0 amide bonds. The van der Waals surface area contributed by atoms with Crippen LogP contribution in [0.5, 0.6) is 0 Å². The molecule has 4 bridgehead atoms. The molecule has 2 spiro atoms. The summed E-state index contributed by atoms with van der Waals surface area (Å²) in [7, 11) is 0. The molecule has 6 heteroatoms. The zero-order valence-electron chi connectivity index (χ0n) is 19.1. The SMILES string of the molecule is CC1(C)OC(=O)C=C[C@]2(C)[C@@H]3C[C@@]4(C)C(=O)[C@]5(C)C[C@@H]6C(=O)OCC64O[C@@]3(CC[C@@H]12)C5. The van der Waals surface area contributed by atoms with Gasteiger partial charge >= 0.3 is 11.9 Å². The van der Waals surface area contributed by atoms with Crippen LogP contribution in [0, 0.1) is 34.0 Å². The number of ether oxygens (including phenoxy) is 3. The van der Waals surface area contributed by atoms with E-state index in [1.807, 2.05) is 33.8 Å². The number of carbonyl (C=O) groups is 3. The fraction of sp³-hybridized carbons (Fsp3) is 0.800. The standard InChI is InChI=1S/C25H32O6/c1-20(2)15-6-9-24-12-21(3)10-14-18(27)29-13-25(14,31-24)23(5,19(21)28)11-16(24)22(15,4)8-7-17(26)30-20/h7-8,14-16H,6,9-13H2,1-5H3/t14-,15+,16+,21-,22+,23+,24+,25?/m1/s1. The van der Waals surface area contributed by atoms with Crippen molar-refractivity contribution in [3.63, 3.8) is 0 Å². The second-order valence-electron chi connectivity index (χ2n) is 12.4. The summed E-state index contributed by atoms with van der Waals surface area (Å²) < 4.78 is 18.5. The smallest absolute Gasteiger partial charge is 0.330 e. The molecule has 0 aromatic heterocycles. The minimum absolute atomic E-state index is 0.0552. The molecule has 8 rings (SSSR count). The lowest BCUT2D eigenvalue weighted by molar-refractivity contribution is -0.300. The van der Waals surface area contributed by atoms with Gasteiger partial charge in [-0.2, -0.15) is 0 Å². The van der Waals surface area contributed by atoms with Crippen molar-refractivity contribution < 1.29 is 28.6 Å². The Morgan fingerprint density at radius 3 is 2.48 bits per heavy atom. The van der Waals surface area contributed by atoms with Gasteiger partial charge in [-0.1, -0.05) is 19.9 Å². The monoisotopic (exact) mass is 428 g/mol. The number of allylic oxidation sites excluding steroid dienone is 1. The van der Waals surface area contributed by atoms with Crippen LogP contribution in [0.15, 0.2) is 12.2 Å². The van der Waals surface area contributed by atoms with E-state index in [1.54, 1.807) is 6.08 Å². The Balaban J connectivity index is 1.57. The third kappa shape index (κ3) is 2.03. The van der Waals surface area contributed by atoms with Crippen molar-refractivity contribution in [2.24, 2.45) is 34.0 Å². The first-order valence-corrected chi connectivity index (χ1v) is 11.7. The summed E-state index contributed by atoms with van der Waals surface area (Å²) in [5.74, 6) is -0.492. The fourth-order valence-corrected chi connectivity index (χ4v) is 9.23. The predicted octanol–water partition coefficient (Wildman–Crippen LogP) is 3.37. The molecular formula is C25H32O6. The van der Waals surface area contributed by atoms with Gasteiger partial charge in [0, 0.05) is 17.4 Å². The minimum atomic E-state index is -0.868. The van der Waals surface area contributed by atoms with Crippen molar-refractivity contribution in [1.29, 1.82) is 0 Å². The molecule has 0 radical (unpaired) electrons. The maximum Gasteiger partial charge on any atom is 0.330 e. The number of ketones is 1. The number of esters is 2. The average Bonchev–Trinajstić information content (AvgIpc) is 2.80. The van der Waals surface area contributed by atoms with E-state index in [-0.39, 0.29) is 47.5 Å². The van der Waals surface area contributed by atoms with Gasteiger partial charge < -0.3 is 14.2 Å². The fourth-order valence-electron chi connectivity index (χ4n) is 9.23. The number of rotatable bonds is 0. The van der Waals surface area contributed by atoms with Crippen molar-refractivity contribution in [2.75, 3.05) is 6.61 Å². The molecule has 5 aliphatic heterocycles. The van der Waals surface area contributed by atoms with Gasteiger partial charge in [-0.25, -0.2) is 4.79 Å². The first-order valence-electron chi connectivity index (χ1n) is 11.7. The van der Waals surface area contributed by atoms with Gasteiger partial charge in [0.05, 0.1) is 16.9 Å². The maximum absolute atomic E-state index is 14.1. The molecule has 7 fully saturated rings. The van der Waals surface area contributed by atoms with Crippen molar-refractivity contribution in [3.05, 3.63) is 12.2 Å². The van der Waals surface area contributed by atoms with Gasteiger partial charge in [0.15, 0.2) is 0 Å². The second kappa shape index (κ2) is 5.27. The van der Waals surface area contributed by atoms with E-state index in [2.05, 4.69) is 6.92 Å². The first kappa shape index (κ1) is 20.0. The van der Waals surface area contributed by atoms with E-state index in [0.29, 0.717) is 19.3 Å². The van der Waals surface area contributed by atoms with E-state index in [9.17, 15) is 14.4 Å². The van der Waals surface area contributed by atoms with Crippen LogP contribution in [-0.2, 0) is 28.6 Å². The van der Waals surface area contributed by atoms with Gasteiger partial charge in [-0.15, -0.1) is 0 Å². The Morgan fingerprint density at radius 2 is 1.74 bits per heavy atom. The van der Waals surface area contributed by atoms with Crippen molar-refractivity contribution in [2.45, 2.75) is 83.5 Å². The predicted molar refractivity (Wildman–Crippen MR) is 110 cm³/mol. The Morgan fingerprint density at radius 1 is 1.00 bits per heavy atom. The van der Waals surface area contributed by atoms with Gasteiger partial charge in [0.25, 0.3) is 0 Å². The molecule has 8 aliphatic rings. The van der Waals surface area contributed by atoms with E-state index in [0.717, 1.165) is 12.8 Å². The number of hydrogen-bond acceptors (Lipinski definition) is 6. The molecule has 0 aromatic carbocycles. The summed E-state index contributed by atoms with van der Waals surface area (Å²) in [5.41, 5.74) is -3.73. The van der Waals surface area contributed by atoms with Gasteiger partial charge in [0.1, 0.15) is 23.6 Å². The van der Waals surface area contributed by atoms with Crippen LogP contribution in [0.3, 0.4) is 0 Å². The van der Waals surface area contributed by atoms with Crippen LogP contribution in [-0.4, -0.2) is 41.1 Å². The zero-order valence-corrected chi connectivity index (χ0v) is 19.1. The number of Topliss-reactive ketones (excluding diaryl/α,β-unsaturated/α-hetero) is 1. The van der Waals surface area contributed by atoms with E-state index < -0.39 is 27.6 Å². The van der Waals surface area contributed by atoms with Gasteiger partial charge in [-0.05, 0) is 64.2 Å². The van der Waals surface area contributed by atoms with Crippen LogP contribution in [0.4, 0.5) is 0 Å². The summed E-state index contributed by atoms with van der Waals surface area (Å²) in [5, 5.41) is 0. The molecular weight excluding hydrogens is 396 g/mol. The molecule has 168 valence electrons. The lowest BCUT2D eigenvalue weighted by atomic mass is 9.46.